The van der Waals surface area contributed by atoms with Crippen LogP contribution in [0.4, 0.5) is 13.2 Å². The van der Waals surface area contributed by atoms with Gasteiger partial charge in [-0.15, -0.1) is 11.3 Å². The Morgan fingerprint density at radius 1 is 0.754 bits per heavy atom. The molecule has 0 atom stereocenters. The molecule has 314 valence electrons. The van der Waals surface area contributed by atoms with Crippen molar-refractivity contribution in [2.24, 2.45) is 0 Å². The van der Waals surface area contributed by atoms with Gasteiger partial charge in [0.2, 0.25) is 0 Å². The van der Waals surface area contributed by atoms with Crippen LogP contribution in [0, 0.1) is 6.92 Å². The summed E-state index contributed by atoms with van der Waals surface area (Å²) in [7, 11) is 0. The molecule has 1 aliphatic heterocycles. The smallest absolute Gasteiger partial charge is 0.574 e. The molecule has 14 nitrogen and oxygen atoms in total. The van der Waals surface area contributed by atoms with E-state index in [-0.39, 0.29) is 30.9 Å². The first-order valence-corrected chi connectivity index (χ1v) is 19.5. The molecule has 61 heavy (non-hydrogen) atoms. The number of unbranched alkanes of at least 4 members (excludes halogenated alkanes) is 3. The van der Waals surface area contributed by atoms with Crippen LogP contribution in [0.1, 0.15) is 48.9 Å². The third kappa shape index (κ3) is 10.9. The minimum atomic E-state index is -4.52. The van der Waals surface area contributed by atoms with E-state index in [1.165, 1.54) is 30.3 Å². The van der Waals surface area contributed by atoms with Gasteiger partial charge in [0, 0.05) is 41.9 Å². The molecular formula is C42H35F3N8O6RuS. The monoisotopic (exact) mass is 938 g/mol. The molecule has 7 aromatic heterocycles. The fourth-order valence-electron chi connectivity index (χ4n) is 6.12. The van der Waals surface area contributed by atoms with Gasteiger partial charge in [0.1, 0.15) is 30.4 Å². The number of alkyl halides is 3. The molecule has 8 rings (SSSR count). The molecule has 0 bridgehead atoms. The minimum Gasteiger partial charge on any atom is -0.574 e. The van der Waals surface area contributed by atoms with Crippen molar-refractivity contribution >= 4 is 24.3 Å². The van der Waals surface area contributed by atoms with Gasteiger partial charge in [0.25, 0.3) is 12.9 Å². The van der Waals surface area contributed by atoms with E-state index in [1.54, 1.807) is 73.0 Å². The van der Waals surface area contributed by atoms with Crippen LogP contribution in [-0.4, -0.2) is 56.3 Å². The number of thiophene rings is 1. The second kappa shape index (κ2) is 20.3. The molecule has 0 aliphatic carbocycles. The van der Waals surface area contributed by atoms with Crippen molar-refractivity contribution in [3.63, 3.8) is 0 Å². The van der Waals surface area contributed by atoms with Gasteiger partial charge >= 0.3 is 25.7 Å². The van der Waals surface area contributed by atoms with Crippen LogP contribution < -0.4 is 29.1 Å². The van der Waals surface area contributed by atoms with Gasteiger partial charge in [0.05, 0.1) is 43.9 Å². The minimum absolute atomic E-state index is 0. The van der Waals surface area contributed by atoms with Crippen molar-refractivity contribution < 1.29 is 61.2 Å². The molecule has 0 amide bonds. The van der Waals surface area contributed by atoms with E-state index in [4.69, 9.17) is 18.9 Å². The second-order valence-electron chi connectivity index (χ2n) is 13.2. The average Bonchev–Trinajstić information content (AvgIpc) is 4.03. The number of aromatic nitrogens is 8. The summed E-state index contributed by atoms with van der Waals surface area (Å²) in [6.45, 7) is 5.75. The number of carbonyl (C=O) groups is 2. The van der Waals surface area contributed by atoms with Crippen LogP contribution in [0.2, 0.25) is 0 Å². The molecule has 0 radical (unpaired) electrons. The molecule has 1 aliphatic rings. The summed E-state index contributed by atoms with van der Waals surface area (Å²) in [5.41, 5.74) is 4.02. The summed E-state index contributed by atoms with van der Waals surface area (Å²) >= 11 is 1.69. The van der Waals surface area contributed by atoms with Crippen molar-refractivity contribution in [1.82, 2.24) is 40.3 Å². The largest absolute Gasteiger partial charge is 2.00 e. The van der Waals surface area contributed by atoms with Crippen molar-refractivity contribution in [1.29, 1.82) is 0 Å². The van der Waals surface area contributed by atoms with Crippen LogP contribution >= 0.6 is 11.3 Å². The summed E-state index contributed by atoms with van der Waals surface area (Å²) in [4.78, 5) is 41.9. The van der Waals surface area contributed by atoms with Crippen LogP contribution in [-0.2, 0) is 41.7 Å². The van der Waals surface area contributed by atoms with Gasteiger partial charge in [-0.05, 0) is 56.2 Å². The molecule has 0 saturated carbocycles. The Morgan fingerprint density at radius 2 is 1.43 bits per heavy atom. The molecule has 0 fully saturated rings. The van der Waals surface area contributed by atoms with Gasteiger partial charge in [-0.2, -0.15) is 13.2 Å². The van der Waals surface area contributed by atoms with Crippen LogP contribution in [0.5, 0.6) is 23.0 Å². The third-order valence-electron chi connectivity index (χ3n) is 8.94. The fraction of sp³-hybridized carbons (Fsp3) is 0.238. The van der Waals surface area contributed by atoms with Crippen molar-refractivity contribution in [2.45, 2.75) is 52.1 Å². The number of ether oxygens (including phenoxy) is 4. The summed E-state index contributed by atoms with van der Waals surface area (Å²) in [5, 5.41) is 14.5. The van der Waals surface area contributed by atoms with E-state index in [0.717, 1.165) is 46.5 Å². The van der Waals surface area contributed by atoms with Gasteiger partial charge < -0.3 is 39.3 Å². The normalized spacial score (nSPS) is 11.8. The number of carbonyl (C=O) groups excluding carboxylic acids is 2. The molecule has 0 unspecified atom stereocenters. The predicted octanol–water partition coefficient (Wildman–Crippen LogP) is 8.34. The predicted molar refractivity (Wildman–Crippen MR) is 213 cm³/mol. The summed E-state index contributed by atoms with van der Waals surface area (Å²) in [5.74, 6) is 2.25. The fourth-order valence-corrected chi connectivity index (χ4v) is 7.34. The summed E-state index contributed by atoms with van der Waals surface area (Å²) in [6.07, 6.45) is 4.47. The molecule has 0 N–H and O–H groups in total. The molecule has 8 heterocycles. The van der Waals surface area contributed by atoms with Crippen molar-refractivity contribution in [2.75, 3.05) is 13.2 Å². The van der Waals surface area contributed by atoms with Crippen molar-refractivity contribution in [3.05, 3.63) is 95.4 Å². The van der Waals surface area contributed by atoms with Gasteiger partial charge in [0.15, 0.2) is 11.5 Å². The number of aryl methyl sites for hydroxylation is 2. The maximum absolute atomic E-state index is 12.5. The first-order valence-electron chi connectivity index (χ1n) is 18.7. The van der Waals surface area contributed by atoms with Crippen LogP contribution in [0.15, 0.2) is 79.1 Å². The van der Waals surface area contributed by atoms with Crippen molar-refractivity contribution in [3.8, 4) is 79.0 Å². The number of hydrogen-bond acceptors (Lipinski definition) is 13. The summed E-state index contributed by atoms with van der Waals surface area (Å²) < 4.78 is 59.6. The topological polar surface area (TPSA) is 177 Å². The van der Waals surface area contributed by atoms with Gasteiger partial charge in [-0.3, -0.25) is 24.5 Å². The van der Waals surface area contributed by atoms with E-state index >= 15 is 0 Å². The molecule has 0 spiro atoms. The Balaban J connectivity index is 0.000000238. The van der Waals surface area contributed by atoms with E-state index in [9.17, 15) is 22.8 Å². The number of rotatable bonds is 14. The Morgan fingerprint density at radius 3 is 2.08 bits per heavy atom. The maximum atomic E-state index is 12.5. The van der Waals surface area contributed by atoms with Gasteiger partial charge in [-0.1, -0.05) is 49.7 Å². The zero-order chi connectivity index (χ0) is 42.1. The number of halogens is 3. The van der Waals surface area contributed by atoms with E-state index < -0.39 is 11.9 Å². The second-order valence-corrected chi connectivity index (χ2v) is 14.3. The van der Waals surface area contributed by atoms with Gasteiger partial charge in [-0.25, -0.2) is 4.98 Å². The standard InChI is InChI=1S/C29H27N3O6S.C13H8F3N5.Ru/c1-2-3-4-5-6-26-27-28(36-12-11-35-27)29(39-26)19-7-8-22(31-16-19)24-14-21(38-18-34)15-25(32-24)23-13-20(37-17-33)9-10-30-23;1-7-5-10(19-18-7)8-3-2-4-9(17-8)11-6-12(21-20-11)13(14,15)16;/h7-10,13-18H,2-6,11-12H2,1H3;2-6H,1H3;/q;-2;+2. The maximum Gasteiger partial charge on any atom is 2.00 e. The van der Waals surface area contributed by atoms with E-state index in [1.807, 2.05) is 12.1 Å². The average molecular weight is 938 g/mol. The zero-order valence-electron chi connectivity index (χ0n) is 32.5. The number of hydrogen-bond donors (Lipinski definition) is 0. The molecular weight excluding hydrogens is 903 g/mol. The Labute approximate surface area is 364 Å². The number of nitrogens with zero attached hydrogens (tertiary/aromatic N) is 8. The first kappa shape index (κ1) is 44.2. The quantitative estimate of drug-likeness (QED) is 0.0578. The first-order chi connectivity index (χ1) is 29.1. The van der Waals surface area contributed by atoms with E-state index in [0.29, 0.717) is 71.8 Å². The molecule has 0 aromatic carbocycles. The van der Waals surface area contributed by atoms with Crippen LogP contribution in [0.25, 0.3) is 56.0 Å². The van der Waals surface area contributed by atoms with Crippen LogP contribution in [0.3, 0.4) is 0 Å². The Hall–Kier alpha value is -6.33. The SMILES string of the molecule is CCCCCCc1sc(-c2ccc(-c3cc(OC=O)cc(-c4cc(OC=O)ccn4)n3)nc2)c2c1OCCO2.Cc1cc(-c2cccc(-c3cc(C(F)(F)F)n[n-]3)n2)[n-]n1.[Ru+2]. The Bertz CT molecular complexity index is 2580. The molecule has 19 heteroatoms. The van der Waals surface area contributed by atoms with E-state index in [2.05, 4.69) is 47.3 Å². The summed E-state index contributed by atoms with van der Waals surface area (Å²) in [6, 6.07) is 17.7. The molecule has 0 saturated heterocycles. The zero-order valence-corrected chi connectivity index (χ0v) is 35.1. The number of fused-ring (bicyclic) bond motifs is 1. The number of pyridine rings is 4. The Kier molecular flexibility index (Phi) is 14.7. The molecule has 7 aromatic rings. The third-order valence-corrected chi connectivity index (χ3v) is 10.2.